The van der Waals surface area contributed by atoms with E-state index in [0.717, 1.165) is 15.4 Å². The fraction of sp³-hybridized carbons (Fsp3) is 0.533. The quantitative estimate of drug-likeness (QED) is 0.863. The molecule has 2 aromatic rings. The van der Waals surface area contributed by atoms with E-state index < -0.39 is 23.1 Å². The van der Waals surface area contributed by atoms with Crippen molar-refractivity contribution in [1.82, 2.24) is 19.8 Å². The third-order valence-electron chi connectivity index (χ3n) is 3.27. The number of nitrogens with zero attached hydrogens (tertiary/aromatic N) is 4. The number of hydrogen-bond donors (Lipinski definition) is 0. The van der Waals surface area contributed by atoms with Crippen LogP contribution in [0.15, 0.2) is 16.9 Å². The molecule has 0 fully saturated rings. The topological polar surface area (TPSA) is 61.9 Å². The number of rotatable bonds is 4. The highest BCUT2D eigenvalue weighted by Gasteiger charge is 2.24. The molecule has 0 spiro atoms. The van der Waals surface area contributed by atoms with Crippen molar-refractivity contribution in [2.75, 3.05) is 6.61 Å². The van der Waals surface area contributed by atoms with E-state index in [-0.39, 0.29) is 18.0 Å². The molecule has 2 rings (SSSR count). The van der Waals surface area contributed by atoms with Gasteiger partial charge in [0.1, 0.15) is 30.0 Å². The van der Waals surface area contributed by atoms with Gasteiger partial charge in [-0.05, 0) is 34.4 Å². The molecule has 0 amide bonds. The van der Waals surface area contributed by atoms with Gasteiger partial charge in [-0.3, -0.25) is 0 Å². The second-order valence-electron chi connectivity index (χ2n) is 6.44. The van der Waals surface area contributed by atoms with Gasteiger partial charge in [0.2, 0.25) is 0 Å². The number of ether oxygens (including phenoxy) is 1. The average Bonchev–Trinajstić information content (AvgIpc) is 2.75. The molecule has 1 atom stereocenters. The van der Waals surface area contributed by atoms with E-state index in [0.29, 0.717) is 5.56 Å². The summed E-state index contributed by atoms with van der Waals surface area (Å²) in [6.45, 7) is 6.61. The molecule has 0 N–H and O–H groups in total. The Morgan fingerprint density at radius 2 is 1.96 bits per heavy atom. The largest absolute Gasteiger partial charge is 0.488 e. The molecule has 0 unspecified atom stereocenters. The van der Waals surface area contributed by atoms with Gasteiger partial charge in [-0.25, -0.2) is 13.6 Å². The monoisotopic (exact) mass is 326 g/mol. The lowest BCUT2D eigenvalue weighted by molar-refractivity contribution is 0.208. The molecule has 0 radical (unpaired) electrons. The lowest BCUT2D eigenvalue weighted by atomic mass is 9.86. The van der Waals surface area contributed by atoms with Gasteiger partial charge in [0.05, 0.1) is 0 Å². The first-order valence-corrected chi connectivity index (χ1v) is 7.21. The van der Waals surface area contributed by atoms with Gasteiger partial charge in [-0.2, -0.15) is 9.36 Å². The maximum Gasteiger partial charge on any atom is 0.368 e. The van der Waals surface area contributed by atoms with Crippen molar-refractivity contribution in [1.29, 1.82) is 0 Å². The normalized spacial score (nSPS) is 13.2. The number of alkyl halides is 1. The van der Waals surface area contributed by atoms with E-state index in [1.807, 2.05) is 20.8 Å². The minimum absolute atomic E-state index is 0.0441. The average molecular weight is 326 g/mol. The number of aryl methyl sites for hydroxylation is 1. The van der Waals surface area contributed by atoms with Crippen molar-refractivity contribution in [2.24, 2.45) is 7.05 Å². The first kappa shape index (κ1) is 17.1. The summed E-state index contributed by atoms with van der Waals surface area (Å²) >= 11 is 0. The van der Waals surface area contributed by atoms with Crippen LogP contribution in [0, 0.1) is 5.82 Å². The molecule has 0 saturated heterocycles. The summed E-state index contributed by atoms with van der Waals surface area (Å²) < 4.78 is 34.8. The standard InChI is InChI=1S/C15H20F2N4O2/c1-9(16)8-23-13-7-11(17)10(15(2,3)4)6-12(13)21-14(22)20(5)18-19-21/h6-7,9H,8H2,1-5H3/t9-/m1/s1. The van der Waals surface area contributed by atoms with Gasteiger partial charge in [-0.15, -0.1) is 0 Å². The molecule has 0 aliphatic heterocycles. The highest BCUT2D eigenvalue weighted by atomic mass is 19.1. The first-order chi connectivity index (χ1) is 10.6. The lowest BCUT2D eigenvalue weighted by Gasteiger charge is -2.22. The second kappa shape index (κ2) is 6.10. The van der Waals surface area contributed by atoms with Gasteiger partial charge in [0.15, 0.2) is 0 Å². The minimum Gasteiger partial charge on any atom is -0.488 e. The SMILES string of the molecule is C[C@@H](F)COc1cc(F)c(C(C)(C)C)cc1-n1nnn(C)c1=O. The van der Waals surface area contributed by atoms with Gasteiger partial charge >= 0.3 is 5.69 Å². The number of tetrazole rings is 1. The zero-order valence-electron chi connectivity index (χ0n) is 13.8. The summed E-state index contributed by atoms with van der Waals surface area (Å²) in [7, 11) is 1.45. The molecule has 6 nitrogen and oxygen atoms in total. The lowest BCUT2D eigenvalue weighted by Crippen LogP contribution is -2.24. The van der Waals surface area contributed by atoms with E-state index in [4.69, 9.17) is 4.74 Å². The number of hydrogen-bond acceptors (Lipinski definition) is 4. The van der Waals surface area contributed by atoms with Crippen LogP contribution in [0.2, 0.25) is 0 Å². The highest BCUT2D eigenvalue weighted by molar-refractivity contribution is 5.50. The van der Waals surface area contributed by atoms with Crippen LogP contribution in [0.5, 0.6) is 5.75 Å². The summed E-state index contributed by atoms with van der Waals surface area (Å²) in [6.07, 6.45) is -1.23. The van der Waals surface area contributed by atoms with Crippen molar-refractivity contribution >= 4 is 0 Å². The maximum atomic E-state index is 14.4. The molecule has 1 aromatic heterocycles. The Morgan fingerprint density at radius 1 is 1.30 bits per heavy atom. The first-order valence-electron chi connectivity index (χ1n) is 7.21. The molecule has 0 saturated carbocycles. The van der Waals surface area contributed by atoms with Crippen LogP contribution < -0.4 is 10.4 Å². The predicted octanol–water partition coefficient (Wildman–Crippen LogP) is 2.14. The summed E-state index contributed by atoms with van der Waals surface area (Å²) in [5.41, 5.74) is -0.369. The molecule has 0 bridgehead atoms. The minimum atomic E-state index is -1.23. The molecule has 23 heavy (non-hydrogen) atoms. The summed E-state index contributed by atoms with van der Waals surface area (Å²) in [5.74, 6) is -0.442. The molecular weight excluding hydrogens is 306 g/mol. The number of aromatic nitrogens is 4. The Balaban J connectivity index is 2.64. The van der Waals surface area contributed by atoms with Crippen LogP contribution in [0.4, 0.5) is 8.78 Å². The fourth-order valence-electron chi connectivity index (χ4n) is 2.07. The Bertz CT molecular complexity index is 760. The Labute approximate surface area is 132 Å². The van der Waals surface area contributed by atoms with Crippen molar-refractivity contribution in [3.05, 3.63) is 34.0 Å². The molecule has 1 aromatic carbocycles. The summed E-state index contributed by atoms with van der Waals surface area (Å²) in [5, 5.41) is 7.38. The van der Waals surface area contributed by atoms with Crippen LogP contribution in [-0.2, 0) is 12.5 Å². The zero-order chi connectivity index (χ0) is 17.4. The van der Waals surface area contributed by atoms with Gasteiger partial charge in [0, 0.05) is 13.1 Å². The fourth-order valence-corrected chi connectivity index (χ4v) is 2.07. The third kappa shape index (κ3) is 3.57. The van der Waals surface area contributed by atoms with Gasteiger partial charge < -0.3 is 4.74 Å². The molecule has 0 aliphatic rings. The summed E-state index contributed by atoms with van der Waals surface area (Å²) in [4.78, 5) is 12.1. The van der Waals surface area contributed by atoms with Crippen LogP contribution in [0.25, 0.3) is 5.69 Å². The molecule has 8 heteroatoms. The Kier molecular flexibility index (Phi) is 4.53. The summed E-state index contributed by atoms with van der Waals surface area (Å²) in [6, 6.07) is 2.64. The maximum absolute atomic E-state index is 14.4. The molecule has 1 heterocycles. The Hall–Kier alpha value is -2.25. The van der Waals surface area contributed by atoms with E-state index in [1.54, 1.807) is 0 Å². The van der Waals surface area contributed by atoms with Crippen molar-refractivity contribution in [3.8, 4) is 11.4 Å². The van der Waals surface area contributed by atoms with E-state index >= 15 is 0 Å². The van der Waals surface area contributed by atoms with Gasteiger partial charge in [-0.1, -0.05) is 20.8 Å². The van der Waals surface area contributed by atoms with Crippen LogP contribution in [0.3, 0.4) is 0 Å². The van der Waals surface area contributed by atoms with Crippen LogP contribution in [0.1, 0.15) is 33.3 Å². The number of halogens is 2. The molecule has 126 valence electrons. The zero-order valence-corrected chi connectivity index (χ0v) is 13.8. The highest BCUT2D eigenvalue weighted by Crippen LogP contribution is 2.32. The predicted molar refractivity (Wildman–Crippen MR) is 81.3 cm³/mol. The molecule has 0 aliphatic carbocycles. The van der Waals surface area contributed by atoms with E-state index in [9.17, 15) is 13.6 Å². The third-order valence-corrected chi connectivity index (χ3v) is 3.27. The van der Waals surface area contributed by atoms with Crippen LogP contribution >= 0.6 is 0 Å². The number of benzene rings is 1. The smallest absolute Gasteiger partial charge is 0.368 e. The van der Waals surface area contributed by atoms with E-state index in [2.05, 4.69) is 10.4 Å². The Morgan fingerprint density at radius 3 is 2.43 bits per heavy atom. The van der Waals surface area contributed by atoms with Crippen molar-refractivity contribution < 1.29 is 13.5 Å². The van der Waals surface area contributed by atoms with Crippen LogP contribution in [-0.4, -0.2) is 32.6 Å². The van der Waals surface area contributed by atoms with E-state index in [1.165, 1.54) is 20.0 Å². The van der Waals surface area contributed by atoms with Crippen molar-refractivity contribution in [2.45, 2.75) is 39.3 Å². The van der Waals surface area contributed by atoms with Crippen molar-refractivity contribution in [3.63, 3.8) is 0 Å². The van der Waals surface area contributed by atoms with Gasteiger partial charge in [0.25, 0.3) is 0 Å². The second-order valence-corrected chi connectivity index (χ2v) is 6.44. The molecular formula is C15H20F2N4O2.